The number of benzene rings is 1. The molecular weight excluding hydrogens is 294 g/mol. The molecule has 3 nitrogen and oxygen atoms in total. The first-order chi connectivity index (χ1) is 11.9. The van der Waals surface area contributed by atoms with Crippen LogP contribution >= 0.6 is 0 Å². The predicted molar refractivity (Wildman–Crippen MR) is 99.1 cm³/mol. The smallest absolute Gasteiger partial charge is 0.128 e. The van der Waals surface area contributed by atoms with E-state index in [1.807, 2.05) is 0 Å². The van der Waals surface area contributed by atoms with Crippen LogP contribution in [0.5, 0.6) is 0 Å². The topological polar surface area (TPSA) is 19.4 Å². The summed E-state index contributed by atoms with van der Waals surface area (Å²) in [7, 11) is 0. The van der Waals surface area contributed by atoms with Crippen molar-refractivity contribution in [2.24, 2.45) is 0 Å². The summed E-state index contributed by atoms with van der Waals surface area (Å²) in [5, 5.41) is 0. The first-order valence-electron chi connectivity index (χ1n) is 9.39. The van der Waals surface area contributed by atoms with Crippen LogP contribution in [-0.4, -0.2) is 29.5 Å². The highest BCUT2D eigenvalue weighted by atomic mass is 15.2. The average molecular weight is 321 g/mol. The van der Waals surface area contributed by atoms with Crippen LogP contribution < -0.4 is 4.90 Å². The molecule has 4 rings (SSSR count). The van der Waals surface area contributed by atoms with Crippen LogP contribution in [0.2, 0.25) is 0 Å². The first-order valence-corrected chi connectivity index (χ1v) is 9.39. The standard InChI is InChI=1S/C21H27N3/c1-3-8-18(9-4-1)17-24-15-7-10-20(24)19-11-12-21(22-16-19)23-13-5-2-6-14-23/h1,3-4,8-9,11-12,16,20H,2,5-7,10,13-15,17H2/t20-/m1/s1. The van der Waals surface area contributed by atoms with Crippen molar-refractivity contribution in [1.29, 1.82) is 0 Å². The maximum absolute atomic E-state index is 4.79. The van der Waals surface area contributed by atoms with Gasteiger partial charge in [-0.25, -0.2) is 4.98 Å². The van der Waals surface area contributed by atoms with Crippen LogP contribution in [0.1, 0.15) is 49.3 Å². The Balaban J connectivity index is 1.46. The molecule has 1 aromatic heterocycles. The van der Waals surface area contributed by atoms with Crippen molar-refractivity contribution < 1.29 is 0 Å². The van der Waals surface area contributed by atoms with Gasteiger partial charge in [-0.1, -0.05) is 36.4 Å². The highest BCUT2D eigenvalue weighted by Crippen LogP contribution is 2.33. The number of aromatic nitrogens is 1. The van der Waals surface area contributed by atoms with E-state index in [2.05, 4.69) is 58.5 Å². The molecule has 0 N–H and O–H groups in total. The quantitative estimate of drug-likeness (QED) is 0.831. The van der Waals surface area contributed by atoms with Crippen molar-refractivity contribution >= 4 is 5.82 Å². The summed E-state index contributed by atoms with van der Waals surface area (Å²) in [5.74, 6) is 1.16. The molecule has 0 aliphatic carbocycles. The second kappa shape index (κ2) is 7.35. The lowest BCUT2D eigenvalue weighted by Gasteiger charge is -2.29. The maximum Gasteiger partial charge on any atom is 0.128 e. The molecule has 1 atom stereocenters. The lowest BCUT2D eigenvalue weighted by molar-refractivity contribution is 0.248. The molecule has 0 unspecified atom stereocenters. The Labute approximate surface area is 145 Å². The van der Waals surface area contributed by atoms with E-state index >= 15 is 0 Å². The van der Waals surface area contributed by atoms with Crippen LogP contribution in [0.25, 0.3) is 0 Å². The van der Waals surface area contributed by atoms with Crippen LogP contribution in [0.3, 0.4) is 0 Å². The van der Waals surface area contributed by atoms with Gasteiger partial charge in [0.25, 0.3) is 0 Å². The second-order valence-electron chi connectivity index (χ2n) is 7.11. The number of likely N-dealkylation sites (tertiary alicyclic amines) is 1. The third-order valence-electron chi connectivity index (χ3n) is 5.43. The van der Waals surface area contributed by atoms with E-state index in [9.17, 15) is 0 Å². The summed E-state index contributed by atoms with van der Waals surface area (Å²) in [4.78, 5) is 9.83. The van der Waals surface area contributed by atoms with Gasteiger partial charge in [0.2, 0.25) is 0 Å². The summed E-state index contributed by atoms with van der Waals surface area (Å²) in [6.07, 6.45) is 8.62. The summed E-state index contributed by atoms with van der Waals surface area (Å²) in [6, 6.07) is 15.9. The molecule has 2 saturated heterocycles. The Kier molecular flexibility index (Phi) is 4.79. The fraction of sp³-hybridized carbons (Fsp3) is 0.476. The van der Waals surface area contributed by atoms with Gasteiger partial charge in [-0.15, -0.1) is 0 Å². The van der Waals surface area contributed by atoms with Gasteiger partial charge in [0, 0.05) is 31.9 Å². The molecule has 1 aromatic carbocycles. The number of rotatable bonds is 4. The molecule has 2 fully saturated rings. The third-order valence-corrected chi connectivity index (χ3v) is 5.43. The van der Waals surface area contributed by atoms with E-state index in [1.165, 1.54) is 49.8 Å². The Bertz CT molecular complexity index is 632. The molecule has 0 amide bonds. The van der Waals surface area contributed by atoms with E-state index < -0.39 is 0 Å². The Morgan fingerprint density at radius 1 is 0.875 bits per heavy atom. The molecule has 24 heavy (non-hydrogen) atoms. The number of nitrogens with zero attached hydrogens (tertiary/aromatic N) is 3. The molecule has 2 aliphatic heterocycles. The van der Waals surface area contributed by atoms with Crippen LogP contribution in [0, 0.1) is 0 Å². The summed E-state index contributed by atoms with van der Waals surface area (Å²) in [6.45, 7) is 4.55. The van der Waals surface area contributed by atoms with E-state index in [4.69, 9.17) is 4.98 Å². The van der Waals surface area contributed by atoms with Gasteiger partial charge in [-0.05, 0) is 55.8 Å². The van der Waals surface area contributed by atoms with Gasteiger partial charge < -0.3 is 4.90 Å². The van der Waals surface area contributed by atoms with E-state index in [0.29, 0.717) is 6.04 Å². The lowest BCUT2D eigenvalue weighted by Crippen LogP contribution is -2.30. The van der Waals surface area contributed by atoms with Crippen LogP contribution in [0.4, 0.5) is 5.82 Å². The first kappa shape index (κ1) is 15.6. The van der Waals surface area contributed by atoms with Crippen LogP contribution in [0.15, 0.2) is 48.7 Å². The average Bonchev–Trinajstić information content (AvgIpc) is 3.11. The zero-order valence-corrected chi connectivity index (χ0v) is 14.4. The van der Waals surface area contributed by atoms with Crippen molar-refractivity contribution in [2.75, 3.05) is 24.5 Å². The molecular formula is C21H27N3. The van der Waals surface area contributed by atoms with Gasteiger partial charge in [-0.2, -0.15) is 0 Å². The van der Waals surface area contributed by atoms with Gasteiger partial charge in [-0.3, -0.25) is 4.90 Å². The summed E-state index contributed by atoms with van der Waals surface area (Å²) >= 11 is 0. The largest absolute Gasteiger partial charge is 0.357 e. The van der Waals surface area contributed by atoms with Crippen molar-refractivity contribution in [3.63, 3.8) is 0 Å². The van der Waals surface area contributed by atoms with Gasteiger partial charge in [0.15, 0.2) is 0 Å². The Hall–Kier alpha value is -1.87. The van der Waals surface area contributed by atoms with Crippen molar-refractivity contribution in [3.8, 4) is 0 Å². The lowest BCUT2D eigenvalue weighted by atomic mass is 10.1. The molecule has 0 saturated carbocycles. The van der Waals surface area contributed by atoms with E-state index in [0.717, 1.165) is 25.5 Å². The predicted octanol–water partition coefficient (Wildman–Crippen LogP) is 4.41. The monoisotopic (exact) mass is 321 g/mol. The van der Waals surface area contributed by atoms with Crippen LogP contribution in [-0.2, 0) is 6.54 Å². The highest BCUT2D eigenvalue weighted by molar-refractivity contribution is 5.40. The number of anilines is 1. The minimum absolute atomic E-state index is 0.521. The molecule has 0 spiro atoms. The number of piperidine rings is 1. The van der Waals surface area contributed by atoms with Crippen molar-refractivity contribution in [1.82, 2.24) is 9.88 Å². The fourth-order valence-electron chi connectivity index (χ4n) is 4.12. The number of hydrogen-bond acceptors (Lipinski definition) is 3. The highest BCUT2D eigenvalue weighted by Gasteiger charge is 2.26. The molecule has 0 radical (unpaired) electrons. The summed E-state index contributed by atoms with van der Waals surface area (Å²) < 4.78 is 0. The minimum Gasteiger partial charge on any atom is -0.357 e. The Morgan fingerprint density at radius 2 is 1.71 bits per heavy atom. The molecule has 0 bridgehead atoms. The van der Waals surface area contributed by atoms with Crippen molar-refractivity contribution in [2.45, 2.75) is 44.7 Å². The zero-order valence-electron chi connectivity index (χ0n) is 14.4. The van der Waals surface area contributed by atoms with Gasteiger partial charge >= 0.3 is 0 Å². The molecule has 126 valence electrons. The summed E-state index contributed by atoms with van der Waals surface area (Å²) in [5.41, 5.74) is 2.78. The second-order valence-corrected chi connectivity index (χ2v) is 7.11. The van der Waals surface area contributed by atoms with E-state index in [-0.39, 0.29) is 0 Å². The SMILES string of the molecule is c1ccc(CN2CCC[C@@H]2c2ccc(N3CCCCC3)nc2)cc1. The third kappa shape index (κ3) is 3.46. The fourth-order valence-corrected chi connectivity index (χ4v) is 4.12. The number of hydrogen-bond donors (Lipinski definition) is 0. The van der Waals surface area contributed by atoms with Gasteiger partial charge in [0.05, 0.1) is 0 Å². The maximum atomic E-state index is 4.79. The van der Waals surface area contributed by atoms with Crippen molar-refractivity contribution in [3.05, 3.63) is 59.8 Å². The molecule has 3 heterocycles. The van der Waals surface area contributed by atoms with E-state index in [1.54, 1.807) is 0 Å². The molecule has 3 heteroatoms. The minimum atomic E-state index is 0.521. The molecule has 2 aromatic rings. The molecule has 2 aliphatic rings. The number of pyridine rings is 1. The normalized spacial score (nSPS) is 22.0. The Morgan fingerprint density at radius 3 is 2.46 bits per heavy atom. The van der Waals surface area contributed by atoms with Gasteiger partial charge in [0.1, 0.15) is 5.82 Å². The zero-order chi connectivity index (χ0) is 16.2.